The highest BCUT2D eigenvalue weighted by molar-refractivity contribution is 7.18. The normalized spacial score (nSPS) is 23.7. The van der Waals surface area contributed by atoms with Crippen molar-refractivity contribution in [3.8, 4) is 0 Å². The number of rotatable bonds is 3. The summed E-state index contributed by atoms with van der Waals surface area (Å²) in [5.41, 5.74) is 2.39. The fourth-order valence-corrected chi connectivity index (χ4v) is 3.95. The van der Waals surface area contributed by atoms with E-state index in [-0.39, 0.29) is 0 Å². The quantitative estimate of drug-likeness (QED) is 0.853. The van der Waals surface area contributed by atoms with E-state index in [1.807, 2.05) is 0 Å². The number of nitrogens with zero attached hydrogens (tertiary/aromatic N) is 1. The summed E-state index contributed by atoms with van der Waals surface area (Å²) in [6.45, 7) is 4.39. The predicted octanol–water partition coefficient (Wildman–Crippen LogP) is 4.99. The molecule has 0 bridgehead atoms. The van der Waals surface area contributed by atoms with Crippen LogP contribution in [0.25, 0.3) is 10.2 Å². The number of thiazole rings is 1. The van der Waals surface area contributed by atoms with Crippen molar-refractivity contribution in [2.45, 2.75) is 52.0 Å². The summed E-state index contributed by atoms with van der Waals surface area (Å²) in [4.78, 5) is 4.51. The van der Waals surface area contributed by atoms with E-state index in [9.17, 15) is 0 Å². The maximum absolute atomic E-state index is 4.51. The van der Waals surface area contributed by atoms with Gasteiger partial charge in [-0.2, -0.15) is 0 Å². The van der Waals surface area contributed by atoms with Crippen molar-refractivity contribution in [2.75, 3.05) is 5.32 Å². The lowest BCUT2D eigenvalue weighted by Crippen LogP contribution is -2.25. The van der Waals surface area contributed by atoms with Gasteiger partial charge in [0.15, 0.2) is 0 Å². The van der Waals surface area contributed by atoms with Gasteiger partial charge in [0.1, 0.15) is 0 Å². The lowest BCUT2D eigenvalue weighted by atomic mass is 9.84. The van der Waals surface area contributed by atoms with Crippen molar-refractivity contribution in [2.24, 2.45) is 5.92 Å². The minimum absolute atomic E-state index is 0.661. The standard InChI is InChI=1S/C16H22N2S/c1-3-12-4-6-13(7-5-12)18-14-8-9-15-16(10-14)19-11(2)17-15/h8-10,12-13,18H,3-7H2,1-2H3. The van der Waals surface area contributed by atoms with E-state index in [1.165, 1.54) is 42.5 Å². The first-order valence-electron chi connectivity index (χ1n) is 7.38. The van der Waals surface area contributed by atoms with Crippen molar-refractivity contribution in [1.29, 1.82) is 0 Å². The Balaban J connectivity index is 1.68. The minimum atomic E-state index is 0.661. The smallest absolute Gasteiger partial charge is 0.0907 e. The predicted molar refractivity (Wildman–Crippen MR) is 84.0 cm³/mol. The Morgan fingerprint density at radius 3 is 2.79 bits per heavy atom. The summed E-state index contributed by atoms with van der Waals surface area (Å²) in [6.07, 6.45) is 6.75. The van der Waals surface area contributed by atoms with Gasteiger partial charge in [0.05, 0.1) is 15.2 Å². The van der Waals surface area contributed by atoms with Crippen LogP contribution >= 0.6 is 11.3 Å². The first kappa shape index (κ1) is 12.9. The molecule has 3 heteroatoms. The molecule has 1 fully saturated rings. The van der Waals surface area contributed by atoms with Crippen molar-refractivity contribution >= 4 is 27.2 Å². The van der Waals surface area contributed by atoms with Gasteiger partial charge in [0.25, 0.3) is 0 Å². The summed E-state index contributed by atoms with van der Waals surface area (Å²) in [5.74, 6) is 0.963. The Morgan fingerprint density at radius 2 is 2.05 bits per heavy atom. The van der Waals surface area contributed by atoms with Crippen LogP contribution in [0, 0.1) is 12.8 Å². The van der Waals surface area contributed by atoms with Gasteiger partial charge in [0.2, 0.25) is 0 Å². The Bertz CT molecular complexity index is 553. The second kappa shape index (κ2) is 5.49. The number of nitrogens with one attached hydrogen (secondary N) is 1. The van der Waals surface area contributed by atoms with Crippen LogP contribution in [0.15, 0.2) is 18.2 Å². The topological polar surface area (TPSA) is 24.9 Å². The number of anilines is 1. The van der Waals surface area contributed by atoms with Crippen LogP contribution < -0.4 is 5.32 Å². The highest BCUT2D eigenvalue weighted by Crippen LogP contribution is 2.30. The van der Waals surface area contributed by atoms with Crippen LogP contribution in [-0.4, -0.2) is 11.0 Å². The van der Waals surface area contributed by atoms with Crippen LogP contribution in [0.4, 0.5) is 5.69 Å². The SMILES string of the molecule is CCC1CCC(Nc2ccc3nc(C)sc3c2)CC1. The fraction of sp³-hybridized carbons (Fsp3) is 0.562. The molecule has 1 aromatic heterocycles. The second-order valence-corrected chi connectivity index (χ2v) is 6.92. The molecule has 0 aliphatic heterocycles. The third-order valence-electron chi connectivity index (χ3n) is 4.29. The highest BCUT2D eigenvalue weighted by Gasteiger charge is 2.19. The van der Waals surface area contributed by atoms with Crippen LogP contribution in [0.3, 0.4) is 0 Å². The molecule has 0 radical (unpaired) electrons. The average Bonchev–Trinajstić information content (AvgIpc) is 2.79. The molecule has 1 aliphatic carbocycles. The van der Waals surface area contributed by atoms with Crippen molar-refractivity contribution in [1.82, 2.24) is 4.98 Å². The largest absolute Gasteiger partial charge is 0.382 e. The molecule has 3 rings (SSSR count). The fourth-order valence-electron chi connectivity index (χ4n) is 3.08. The van der Waals surface area contributed by atoms with Crippen LogP contribution in [0.1, 0.15) is 44.0 Å². The number of hydrogen-bond acceptors (Lipinski definition) is 3. The van der Waals surface area contributed by atoms with Crippen LogP contribution in [0.2, 0.25) is 0 Å². The van der Waals surface area contributed by atoms with E-state index in [0.29, 0.717) is 6.04 Å². The highest BCUT2D eigenvalue weighted by atomic mass is 32.1. The monoisotopic (exact) mass is 274 g/mol. The minimum Gasteiger partial charge on any atom is -0.382 e. The third-order valence-corrected chi connectivity index (χ3v) is 5.22. The molecule has 0 unspecified atom stereocenters. The molecule has 0 saturated heterocycles. The Kier molecular flexibility index (Phi) is 3.74. The lowest BCUT2D eigenvalue weighted by molar-refractivity contribution is 0.330. The van der Waals surface area contributed by atoms with Gasteiger partial charge in [-0.1, -0.05) is 13.3 Å². The molecule has 2 aromatic rings. The van der Waals surface area contributed by atoms with E-state index >= 15 is 0 Å². The Labute approximate surface area is 119 Å². The zero-order chi connectivity index (χ0) is 13.2. The summed E-state index contributed by atoms with van der Waals surface area (Å²) >= 11 is 1.78. The van der Waals surface area contributed by atoms with E-state index in [1.54, 1.807) is 11.3 Å². The Hall–Kier alpha value is -1.09. The van der Waals surface area contributed by atoms with Gasteiger partial charge in [-0.25, -0.2) is 4.98 Å². The maximum Gasteiger partial charge on any atom is 0.0907 e. The summed E-state index contributed by atoms with van der Waals surface area (Å²) < 4.78 is 1.30. The van der Waals surface area contributed by atoms with Crippen molar-refractivity contribution in [3.63, 3.8) is 0 Å². The molecule has 1 heterocycles. The molecule has 1 saturated carbocycles. The zero-order valence-electron chi connectivity index (χ0n) is 11.8. The summed E-state index contributed by atoms with van der Waals surface area (Å²) in [7, 11) is 0. The summed E-state index contributed by atoms with van der Waals surface area (Å²) in [5, 5.41) is 4.85. The number of hydrogen-bond donors (Lipinski definition) is 1. The first-order valence-corrected chi connectivity index (χ1v) is 8.20. The number of benzene rings is 1. The van der Waals surface area contributed by atoms with Gasteiger partial charge in [-0.15, -0.1) is 11.3 Å². The van der Waals surface area contributed by atoms with Crippen molar-refractivity contribution in [3.05, 3.63) is 23.2 Å². The lowest BCUT2D eigenvalue weighted by Gasteiger charge is -2.29. The molecular formula is C16H22N2S. The first-order chi connectivity index (χ1) is 9.24. The number of fused-ring (bicyclic) bond motifs is 1. The van der Waals surface area contributed by atoms with Gasteiger partial charge in [0, 0.05) is 11.7 Å². The van der Waals surface area contributed by atoms with Crippen LogP contribution in [0.5, 0.6) is 0 Å². The van der Waals surface area contributed by atoms with Crippen molar-refractivity contribution < 1.29 is 0 Å². The van der Waals surface area contributed by atoms with Gasteiger partial charge >= 0.3 is 0 Å². The van der Waals surface area contributed by atoms with E-state index in [4.69, 9.17) is 0 Å². The van der Waals surface area contributed by atoms with E-state index in [0.717, 1.165) is 16.4 Å². The van der Waals surface area contributed by atoms with Crippen LogP contribution in [-0.2, 0) is 0 Å². The third kappa shape index (κ3) is 2.92. The van der Waals surface area contributed by atoms with Gasteiger partial charge < -0.3 is 5.32 Å². The maximum atomic E-state index is 4.51. The molecule has 102 valence electrons. The molecule has 2 nitrogen and oxygen atoms in total. The zero-order valence-corrected chi connectivity index (χ0v) is 12.6. The van der Waals surface area contributed by atoms with Gasteiger partial charge in [-0.05, 0) is 56.7 Å². The van der Waals surface area contributed by atoms with Gasteiger partial charge in [-0.3, -0.25) is 0 Å². The number of aryl methyl sites for hydroxylation is 1. The molecule has 0 spiro atoms. The summed E-state index contributed by atoms with van der Waals surface area (Å²) in [6, 6.07) is 7.23. The molecule has 1 aromatic carbocycles. The molecule has 0 amide bonds. The molecule has 1 aliphatic rings. The van der Waals surface area contributed by atoms with E-state index < -0.39 is 0 Å². The number of aromatic nitrogens is 1. The molecule has 1 N–H and O–H groups in total. The molecular weight excluding hydrogens is 252 g/mol. The van der Waals surface area contributed by atoms with E-state index in [2.05, 4.69) is 42.3 Å². The molecule has 19 heavy (non-hydrogen) atoms. The average molecular weight is 274 g/mol. The molecule has 0 atom stereocenters. The Morgan fingerprint density at radius 1 is 1.26 bits per heavy atom. The second-order valence-electron chi connectivity index (χ2n) is 5.69.